The summed E-state index contributed by atoms with van der Waals surface area (Å²) in [6.45, 7) is 10.1. The number of hydrogen-bond acceptors (Lipinski definition) is 1. The minimum absolute atomic E-state index is 0. The van der Waals surface area contributed by atoms with Crippen LogP contribution < -0.4 is 21.7 Å². The van der Waals surface area contributed by atoms with Gasteiger partial charge in [-0.2, -0.15) is 0 Å². The minimum Gasteiger partial charge on any atom is -1.00 e. The first-order valence-corrected chi connectivity index (χ1v) is 11.8. The van der Waals surface area contributed by atoms with E-state index in [0.717, 1.165) is 25.4 Å². The minimum atomic E-state index is 0. The van der Waals surface area contributed by atoms with Gasteiger partial charge in [0.15, 0.2) is 0 Å². The second kappa shape index (κ2) is 13.2. The number of nitrogens with zero attached hydrogens (tertiary/aromatic N) is 1. The number of quaternary nitrogens is 1. The van der Waals surface area contributed by atoms with Crippen molar-refractivity contribution in [1.82, 2.24) is 0 Å². The molecule has 30 heavy (non-hydrogen) atoms. The Kier molecular flexibility index (Phi) is 11.0. The zero-order valence-electron chi connectivity index (χ0n) is 19.0. The summed E-state index contributed by atoms with van der Waals surface area (Å²) in [4.78, 5) is 0. The van der Waals surface area contributed by atoms with Gasteiger partial charge in [-0.3, -0.25) is 0 Å². The molecule has 0 unspecified atom stereocenters. The lowest BCUT2D eigenvalue weighted by Gasteiger charge is -2.38. The number of aryl methyl sites for hydroxylation is 2. The van der Waals surface area contributed by atoms with Gasteiger partial charge in [0.05, 0.1) is 13.1 Å². The smallest absolute Gasteiger partial charge is 0.137 e. The molecule has 166 valence electrons. The molecule has 0 radical (unpaired) electrons. The van der Waals surface area contributed by atoms with Crippen LogP contribution in [0, 0.1) is 6.92 Å². The number of unbranched alkanes of at least 4 members (excludes halogenated alkanes) is 2. The van der Waals surface area contributed by atoms with Crippen molar-refractivity contribution in [2.45, 2.75) is 71.8 Å². The van der Waals surface area contributed by atoms with E-state index in [9.17, 15) is 0 Å². The van der Waals surface area contributed by atoms with E-state index in [4.69, 9.17) is 4.74 Å². The molecule has 1 heterocycles. The molecule has 2 aromatic rings. The van der Waals surface area contributed by atoms with E-state index in [0.29, 0.717) is 0 Å². The van der Waals surface area contributed by atoms with Crippen molar-refractivity contribution in [2.24, 2.45) is 0 Å². The van der Waals surface area contributed by atoms with Crippen molar-refractivity contribution in [2.75, 3.05) is 26.2 Å². The van der Waals surface area contributed by atoms with Gasteiger partial charge < -0.3 is 26.2 Å². The maximum atomic E-state index is 6.37. The average Bonchev–Trinajstić information content (AvgIpc) is 2.97. The van der Waals surface area contributed by atoms with Crippen molar-refractivity contribution in [3.63, 3.8) is 0 Å². The molecule has 3 rings (SSSR count). The molecule has 1 fully saturated rings. The van der Waals surface area contributed by atoms with E-state index in [1.165, 1.54) is 85.6 Å². The van der Waals surface area contributed by atoms with Gasteiger partial charge in [-0.25, -0.2) is 0 Å². The highest BCUT2D eigenvalue weighted by atomic mass is 79.9. The van der Waals surface area contributed by atoms with Gasteiger partial charge >= 0.3 is 0 Å². The fourth-order valence-electron chi connectivity index (χ4n) is 4.68. The summed E-state index contributed by atoms with van der Waals surface area (Å²) >= 11 is 0. The van der Waals surface area contributed by atoms with E-state index >= 15 is 0 Å². The lowest BCUT2D eigenvalue weighted by molar-refractivity contribution is -0.940. The Morgan fingerprint density at radius 3 is 2.30 bits per heavy atom. The van der Waals surface area contributed by atoms with Crippen LogP contribution >= 0.6 is 0 Å². The highest BCUT2D eigenvalue weighted by molar-refractivity contribution is 5.36. The maximum Gasteiger partial charge on any atom is 0.137 e. The quantitative estimate of drug-likeness (QED) is 0.377. The van der Waals surface area contributed by atoms with Crippen molar-refractivity contribution < 1.29 is 26.2 Å². The number of likely N-dealkylation sites (tertiary alicyclic amines) is 1. The Morgan fingerprint density at radius 1 is 0.867 bits per heavy atom. The molecule has 0 aliphatic carbocycles. The lowest BCUT2D eigenvalue weighted by Crippen LogP contribution is -3.00. The maximum absolute atomic E-state index is 6.37. The predicted octanol–water partition coefficient (Wildman–Crippen LogP) is 3.70. The summed E-state index contributed by atoms with van der Waals surface area (Å²) in [7, 11) is 0. The number of halogens is 1. The van der Waals surface area contributed by atoms with Crippen LogP contribution in [0.25, 0.3) is 0 Å². The van der Waals surface area contributed by atoms with Crippen LogP contribution in [0.15, 0.2) is 48.5 Å². The van der Waals surface area contributed by atoms with Crippen molar-refractivity contribution in [3.8, 4) is 5.75 Å². The number of rotatable bonds is 10. The zero-order valence-corrected chi connectivity index (χ0v) is 20.6. The van der Waals surface area contributed by atoms with Crippen LogP contribution in [0.3, 0.4) is 0 Å². The third-order valence-corrected chi connectivity index (χ3v) is 6.52. The summed E-state index contributed by atoms with van der Waals surface area (Å²) < 4.78 is 7.55. The summed E-state index contributed by atoms with van der Waals surface area (Å²) in [6.07, 6.45) is 10.5. The molecule has 0 aromatic heterocycles. The summed E-state index contributed by atoms with van der Waals surface area (Å²) in [5.74, 6) is 1.09. The van der Waals surface area contributed by atoms with E-state index < -0.39 is 0 Å². The van der Waals surface area contributed by atoms with E-state index in [-0.39, 0.29) is 17.0 Å². The molecular weight excluding hydrogens is 434 g/mol. The van der Waals surface area contributed by atoms with Gasteiger partial charge in [-0.15, -0.1) is 0 Å². The van der Waals surface area contributed by atoms with Crippen molar-refractivity contribution in [3.05, 3.63) is 65.2 Å². The fourth-order valence-corrected chi connectivity index (χ4v) is 4.68. The normalized spacial score (nSPS) is 15.8. The molecule has 0 spiro atoms. The van der Waals surface area contributed by atoms with Gasteiger partial charge in [0, 0.05) is 5.56 Å². The van der Waals surface area contributed by atoms with Gasteiger partial charge in [0.2, 0.25) is 0 Å². The van der Waals surface area contributed by atoms with E-state index in [1.807, 2.05) is 0 Å². The van der Waals surface area contributed by atoms with Crippen LogP contribution in [0.1, 0.15) is 68.6 Å². The Morgan fingerprint density at radius 2 is 1.60 bits per heavy atom. The highest BCUT2D eigenvalue weighted by Gasteiger charge is 2.29. The second-order valence-corrected chi connectivity index (χ2v) is 8.98. The number of hydrogen-bond donors (Lipinski definition) is 0. The second-order valence-electron chi connectivity index (χ2n) is 8.98. The van der Waals surface area contributed by atoms with Crippen LogP contribution in [-0.4, -0.2) is 30.7 Å². The molecule has 0 bridgehead atoms. The third-order valence-electron chi connectivity index (χ3n) is 6.52. The largest absolute Gasteiger partial charge is 1.00 e. The molecular formula is C27H40BrNO. The van der Waals surface area contributed by atoms with Crippen LogP contribution in [0.2, 0.25) is 0 Å². The number of benzene rings is 2. The van der Waals surface area contributed by atoms with Gasteiger partial charge in [-0.05, 0) is 62.6 Å². The molecule has 2 nitrogen and oxygen atoms in total. The Bertz CT molecular complexity index is 723. The molecule has 0 N–H and O–H groups in total. The van der Waals surface area contributed by atoms with Gasteiger partial charge in [0.25, 0.3) is 0 Å². The molecule has 0 saturated carbocycles. The Labute approximate surface area is 195 Å². The summed E-state index contributed by atoms with van der Waals surface area (Å²) in [5.41, 5.74) is 4.14. The monoisotopic (exact) mass is 473 g/mol. The molecule has 2 aromatic carbocycles. The number of ether oxygens (including phenoxy) is 1. The fraction of sp³-hybridized carbons (Fsp3) is 0.556. The van der Waals surface area contributed by atoms with Crippen LogP contribution in [0.4, 0.5) is 0 Å². The molecule has 1 aliphatic rings. The lowest BCUT2D eigenvalue weighted by atomic mass is 10.0. The SMILES string of the molecule is CCCCCc1ccc(C)c(OCC[N+]2(Cc3ccccc3)CCCCCC2)c1.[Br-]. The average molecular weight is 475 g/mol. The zero-order chi connectivity index (χ0) is 20.4. The Balaban J connectivity index is 0.00000320. The van der Waals surface area contributed by atoms with Crippen molar-refractivity contribution in [1.29, 1.82) is 0 Å². The van der Waals surface area contributed by atoms with Gasteiger partial charge in [0.1, 0.15) is 25.4 Å². The van der Waals surface area contributed by atoms with Crippen LogP contribution in [-0.2, 0) is 13.0 Å². The van der Waals surface area contributed by atoms with Crippen molar-refractivity contribution >= 4 is 0 Å². The highest BCUT2D eigenvalue weighted by Crippen LogP contribution is 2.24. The molecule has 3 heteroatoms. The van der Waals surface area contributed by atoms with E-state index in [1.54, 1.807) is 0 Å². The molecule has 0 atom stereocenters. The third kappa shape index (κ3) is 7.74. The van der Waals surface area contributed by atoms with E-state index in [2.05, 4.69) is 62.4 Å². The first-order chi connectivity index (χ1) is 14.2. The first kappa shape index (κ1) is 24.9. The molecule has 1 aliphatic heterocycles. The standard InChI is InChI=1S/C27H40NO.BrH/c1-3-4-8-13-25-17-16-24(2)27(22-25)29-21-20-28(18-11-5-6-12-19-28)23-26-14-9-7-10-15-26;/h7,9-10,14-17,22H,3-6,8,11-13,18-21,23H2,1-2H3;1H/q+1;/p-1. The summed E-state index contributed by atoms with van der Waals surface area (Å²) in [5, 5.41) is 0. The Hall–Kier alpha value is -1.32. The first-order valence-electron chi connectivity index (χ1n) is 11.8. The summed E-state index contributed by atoms with van der Waals surface area (Å²) in [6, 6.07) is 17.8. The van der Waals surface area contributed by atoms with Crippen LogP contribution in [0.5, 0.6) is 5.75 Å². The van der Waals surface area contributed by atoms with Gasteiger partial charge in [-0.1, -0.05) is 62.2 Å². The topological polar surface area (TPSA) is 9.23 Å². The molecule has 0 amide bonds. The molecule has 1 saturated heterocycles. The predicted molar refractivity (Wildman–Crippen MR) is 123 cm³/mol.